The van der Waals surface area contributed by atoms with Crippen molar-refractivity contribution in [2.45, 2.75) is 12.7 Å². The molecule has 0 spiro atoms. The van der Waals surface area contributed by atoms with Crippen molar-refractivity contribution >= 4 is 15.7 Å². The first-order chi connectivity index (χ1) is 8.96. The number of hydrogen-bond acceptors (Lipinski definition) is 2. The summed E-state index contributed by atoms with van der Waals surface area (Å²) in [6.45, 7) is 1.62. The van der Waals surface area contributed by atoms with Gasteiger partial charge in [-0.1, -0.05) is 36.4 Å². The molecule has 0 unspecified atom stereocenters. The van der Waals surface area contributed by atoms with Gasteiger partial charge in [-0.25, -0.2) is 12.8 Å². The Bertz CT molecular complexity index is 669. The van der Waals surface area contributed by atoms with Crippen molar-refractivity contribution in [1.82, 2.24) is 0 Å². The van der Waals surface area contributed by atoms with E-state index in [2.05, 4.69) is 4.72 Å². The standard InChI is InChI=1S/C14H14FNO2S/c1-11-7-8-13(9-14(11)15)16-19(17,18)10-12-5-3-2-4-6-12/h2-9,16H,10H2,1H3. The lowest BCUT2D eigenvalue weighted by molar-refractivity contribution is 0.600. The second-order valence-electron chi connectivity index (χ2n) is 4.31. The third-order valence-corrected chi connectivity index (χ3v) is 3.90. The second-order valence-corrected chi connectivity index (χ2v) is 6.03. The lowest BCUT2D eigenvalue weighted by Crippen LogP contribution is -2.15. The fourth-order valence-electron chi connectivity index (χ4n) is 1.67. The third-order valence-electron chi connectivity index (χ3n) is 2.64. The van der Waals surface area contributed by atoms with Crippen molar-refractivity contribution in [2.75, 3.05) is 4.72 Å². The average molecular weight is 279 g/mol. The smallest absolute Gasteiger partial charge is 0.236 e. The van der Waals surface area contributed by atoms with Crippen LogP contribution in [-0.4, -0.2) is 8.42 Å². The Morgan fingerprint density at radius 1 is 1.11 bits per heavy atom. The van der Waals surface area contributed by atoms with Crippen molar-refractivity contribution in [3.05, 3.63) is 65.5 Å². The first-order valence-electron chi connectivity index (χ1n) is 5.77. The maximum atomic E-state index is 13.3. The normalized spacial score (nSPS) is 11.3. The summed E-state index contributed by atoms with van der Waals surface area (Å²) >= 11 is 0. The van der Waals surface area contributed by atoms with Gasteiger partial charge in [-0.2, -0.15) is 0 Å². The number of benzene rings is 2. The number of sulfonamides is 1. The predicted octanol–water partition coefficient (Wildman–Crippen LogP) is 3.08. The first-order valence-corrected chi connectivity index (χ1v) is 7.42. The Hall–Kier alpha value is -1.88. The molecule has 0 aliphatic rings. The molecule has 0 fully saturated rings. The molecule has 0 aliphatic heterocycles. The van der Waals surface area contributed by atoms with Gasteiger partial charge in [0.15, 0.2) is 0 Å². The minimum Gasteiger partial charge on any atom is -0.283 e. The maximum absolute atomic E-state index is 13.3. The predicted molar refractivity (Wildman–Crippen MR) is 73.8 cm³/mol. The molecule has 0 atom stereocenters. The van der Waals surface area contributed by atoms with Crippen LogP contribution in [0, 0.1) is 12.7 Å². The van der Waals surface area contributed by atoms with Gasteiger partial charge in [0.25, 0.3) is 0 Å². The van der Waals surface area contributed by atoms with Crippen LogP contribution in [0.1, 0.15) is 11.1 Å². The zero-order valence-electron chi connectivity index (χ0n) is 10.4. The molecule has 1 N–H and O–H groups in total. The molecule has 100 valence electrons. The zero-order chi connectivity index (χ0) is 13.9. The van der Waals surface area contributed by atoms with Crippen LogP contribution < -0.4 is 4.72 Å². The summed E-state index contributed by atoms with van der Waals surface area (Å²) in [4.78, 5) is 0. The van der Waals surface area contributed by atoms with Crippen LogP contribution in [0.25, 0.3) is 0 Å². The van der Waals surface area contributed by atoms with Gasteiger partial charge >= 0.3 is 0 Å². The molecule has 0 aliphatic carbocycles. The minimum atomic E-state index is -3.53. The number of anilines is 1. The molecule has 0 bridgehead atoms. The quantitative estimate of drug-likeness (QED) is 0.935. The van der Waals surface area contributed by atoms with E-state index in [0.717, 1.165) is 0 Å². The summed E-state index contributed by atoms with van der Waals surface area (Å²) in [5.74, 6) is -0.566. The van der Waals surface area contributed by atoms with Gasteiger partial charge in [0, 0.05) is 0 Å². The number of hydrogen-bond donors (Lipinski definition) is 1. The van der Waals surface area contributed by atoms with Crippen LogP contribution in [0.3, 0.4) is 0 Å². The molecule has 0 heterocycles. The molecule has 5 heteroatoms. The summed E-state index contributed by atoms with van der Waals surface area (Å²) in [7, 11) is -3.53. The summed E-state index contributed by atoms with van der Waals surface area (Å²) < 4.78 is 39.6. The highest BCUT2D eigenvalue weighted by Gasteiger charge is 2.12. The fourth-order valence-corrected chi connectivity index (χ4v) is 2.86. The van der Waals surface area contributed by atoms with Gasteiger partial charge in [-0.3, -0.25) is 4.72 Å². The van der Waals surface area contributed by atoms with Crippen LogP contribution in [0.15, 0.2) is 48.5 Å². The minimum absolute atomic E-state index is 0.136. The van der Waals surface area contributed by atoms with E-state index in [1.54, 1.807) is 37.3 Å². The lowest BCUT2D eigenvalue weighted by atomic mass is 10.2. The number of nitrogens with one attached hydrogen (secondary N) is 1. The highest BCUT2D eigenvalue weighted by Crippen LogP contribution is 2.16. The monoisotopic (exact) mass is 279 g/mol. The second kappa shape index (κ2) is 5.40. The molecular formula is C14H14FNO2S. The molecule has 0 radical (unpaired) electrons. The third kappa shape index (κ3) is 3.79. The molecule has 0 saturated carbocycles. The Morgan fingerprint density at radius 3 is 2.42 bits per heavy atom. The van der Waals surface area contributed by atoms with Crippen LogP contribution in [0.4, 0.5) is 10.1 Å². The van der Waals surface area contributed by atoms with E-state index in [4.69, 9.17) is 0 Å². The maximum Gasteiger partial charge on any atom is 0.236 e. The largest absolute Gasteiger partial charge is 0.283 e. The van der Waals surface area contributed by atoms with E-state index in [-0.39, 0.29) is 11.4 Å². The Labute approximate surface area is 112 Å². The lowest BCUT2D eigenvalue weighted by Gasteiger charge is -2.08. The fraction of sp³-hybridized carbons (Fsp3) is 0.143. The molecule has 2 aromatic rings. The van der Waals surface area contributed by atoms with Crippen LogP contribution in [-0.2, 0) is 15.8 Å². The molecule has 3 nitrogen and oxygen atoms in total. The van der Waals surface area contributed by atoms with Gasteiger partial charge in [0.1, 0.15) is 5.82 Å². The number of halogens is 1. The summed E-state index contributed by atoms with van der Waals surface area (Å²) in [6, 6.07) is 13.1. The van der Waals surface area contributed by atoms with Gasteiger partial charge < -0.3 is 0 Å². The van der Waals surface area contributed by atoms with Gasteiger partial charge in [0.2, 0.25) is 10.0 Å². The Morgan fingerprint density at radius 2 is 1.79 bits per heavy atom. The van der Waals surface area contributed by atoms with E-state index in [1.165, 1.54) is 12.1 Å². The van der Waals surface area contributed by atoms with Crippen molar-refractivity contribution in [2.24, 2.45) is 0 Å². The van der Waals surface area contributed by atoms with E-state index >= 15 is 0 Å². The molecule has 0 aromatic heterocycles. The van der Waals surface area contributed by atoms with Crippen molar-refractivity contribution < 1.29 is 12.8 Å². The Balaban J connectivity index is 2.15. The van der Waals surface area contributed by atoms with E-state index in [9.17, 15) is 12.8 Å². The van der Waals surface area contributed by atoms with Crippen molar-refractivity contribution in [1.29, 1.82) is 0 Å². The Kier molecular flexibility index (Phi) is 3.85. The molecule has 2 aromatic carbocycles. The van der Waals surface area contributed by atoms with Crippen LogP contribution in [0.2, 0.25) is 0 Å². The van der Waals surface area contributed by atoms with Gasteiger partial charge in [-0.15, -0.1) is 0 Å². The average Bonchev–Trinajstić information content (AvgIpc) is 2.34. The molecular weight excluding hydrogens is 265 g/mol. The van der Waals surface area contributed by atoms with Gasteiger partial charge in [-0.05, 0) is 30.2 Å². The summed E-state index contributed by atoms with van der Waals surface area (Å²) in [6.07, 6.45) is 0. The first kappa shape index (κ1) is 13.5. The van der Waals surface area contributed by atoms with Crippen LogP contribution in [0.5, 0.6) is 0 Å². The van der Waals surface area contributed by atoms with Crippen LogP contribution >= 0.6 is 0 Å². The van der Waals surface area contributed by atoms with Crippen molar-refractivity contribution in [3.8, 4) is 0 Å². The highest BCUT2D eigenvalue weighted by molar-refractivity contribution is 7.91. The summed E-state index contributed by atoms with van der Waals surface area (Å²) in [5, 5.41) is 0. The molecule has 0 amide bonds. The summed E-state index contributed by atoms with van der Waals surface area (Å²) in [5.41, 5.74) is 1.40. The van der Waals surface area contributed by atoms with Crippen molar-refractivity contribution in [3.63, 3.8) is 0 Å². The van der Waals surface area contributed by atoms with E-state index in [1.807, 2.05) is 6.07 Å². The van der Waals surface area contributed by atoms with E-state index in [0.29, 0.717) is 11.1 Å². The number of aryl methyl sites for hydroxylation is 1. The van der Waals surface area contributed by atoms with E-state index < -0.39 is 15.8 Å². The van der Waals surface area contributed by atoms with Gasteiger partial charge in [0.05, 0.1) is 11.4 Å². The molecule has 19 heavy (non-hydrogen) atoms. The topological polar surface area (TPSA) is 46.2 Å². The highest BCUT2D eigenvalue weighted by atomic mass is 32.2. The molecule has 0 saturated heterocycles. The zero-order valence-corrected chi connectivity index (χ0v) is 11.2. The molecule has 2 rings (SSSR count). The number of rotatable bonds is 4. The SMILES string of the molecule is Cc1ccc(NS(=O)(=O)Cc2ccccc2)cc1F.